The van der Waals surface area contributed by atoms with Crippen LogP contribution >= 0.6 is 0 Å². The average molecular weight is 216 g/mol. The number of rotatable bonds is 4. The fourth-order valence-electron chi connectivity index (χ4n) is 1.11. The lowest BCUT2D eigenvalue weighted by molar-refractivity contribution is -0.153. The number of aromatic nitrogens is 2. The van der Waals surface area contributed by atoms with Gasteiger partial charge in [-0.1, -0.05) is 0 Å². The van der Waals surface area contributed by atoms with Gasteiger partial charge in [-0.25, -0.2) is 9.18 Å². The van der Waals surface area contributed by atoms with Crippen molar-refractivity contribution in [2.45, 2.75) is 19.2 Å². The zero-order chi connectivity index (χ0) is 11.4. The first-order chi connectivity index (χ1) is 7.06. The van der Waals surface area contributed by atoms with Gasteiger partial charge in [-0.2, -0.15) is 5.10 Å². The van der Waals surface area contributed by atoms with E-state index in [-0.39, 0.29) is 12.2 Å². The van der Waals surface area contributed by atoms with Crippen LogP contribution in [0.3, 0.4) is 0 Å². The van der Waals surface area contributed by atoms with E-state index in [0.29, 0.717) is 0 Å². The Hall–Kier alpha value is -1.43. The molecule has 15 heavy (non-hydrogen) atoms. The summed E-state index contributed by atoms with van der Waals surface area (Å²) in [4.78, 5) is 11.0. The van der Waals surface area contributed by atoms with Crippen molar-refractivity contribution in [1.82, 2.24) is 9.78 Å². The van der Waals surface area contributed by atoms with E-state index in [0.717, 1.165) is 0 Å². The van der Waals surface area contributed by atoms with Gasteiger partial charge in [0, 0.05) is 18.8 Å². The third-order valence-electron chi connectivity index (χ3n) is 1.86. The molecule has 0 radical (unpaired) electrons. The predicted octanol–water partition coefficient (Wildman–Crippen LogP) is 0.355. The minimum atomic E-state index is -2.07. The van der Waals surface area contributed by atoms with Crippen LogP contribution in [0.25, 0.3) is 0 Å². The van der Waals surface area contributed by atoms with Crippen LogP contribution in [0.1, 0.15) is 18.6 Å². The van der Waals surface area contributed by atoms with Crippen LogP contribution in [0, 0.1) is 0 Å². The third kappa shape index (κ3) is 2.76. The number of nitrogens with zero attached hydrogens (tertiary/aromatic N) is 2. The second kappa shape index (κ2) is 4.88. The Bertz CT molecular complexity index is 340. The standard InChI is InChI=1S/C9H13FN2O3/c1-3-15-9(14)7(10)8(13)6-4-11-12(2)5-6/h4-5,7-8,13H,3H2,1-2H3. The minimum absolute atomic E-state index is 0.0824. The van der Waals surface area contributed by atoms with Crippen molar-refractivity contribution in [2.24, 2.45) is 7.05 Å². The smallest absolute Gasteiger partial charge is 0.343 e. The monoisotopic (exact) mass is 216 g/mol. The number of aliphatic hydroxyl groups excluding tert-OH is 1. The molecule has 5 nitrogen and oxygen atoms in total. The van der Waals surface area contributed by atoms with E-state index in [1.54, 1.807) is 14.0 Å². The SMILES string of the molecule is CCOC(=O)C(F)C(O)c1cnn(C)c1. The van der Waals surface area contributed by atoms with Crippen molar-refractivity contribution in [3.8, 4) is 0 Å². The van der Waals surface area contributed by atoms with E-state index in [2.05, 4.69) is 9.84 Å². The van der Waals surface area contributed by atoms with Crippen LogP contribution in [0.4, 0.5) is 4.39 Å². The molecule has 6 heteroatoms. The molecule has 2 atom stereocenters. The Morgan fingerprint density at radius 1 is 1.80 bits per heavy atom. The quantitative estimate of drug-likeness (QED) is 0.738. The molecule has 0 aromatic carbocycles. The Labute approximate surface area is 86.5 Å². The molecule has 1 N–H and O–H groups in total. The minimum Gasteiger partial charge on any atom is -0.464 e. The number of hydrogen-bond donors (Lipinski definition) is 1. The van der Waals surface area contributed by atoms with Gasteiger partial charge in [0.15, 0.2) is 0 Å². The highest BCUT2D eigenvalue weighted by molar-refractivity contribution is 5.75. The molecule has 1 aromatic heterocycles. The number of aliphatic hydroxyl groups is 1. The Balaban J connectivity index is 2.67. The fourth-order valence-corrected chi connectivity index (χ4v) is 1.11. The van der Waals surface area contributed by atoms with Crippen LogP contribution < -0.4 is 0 Å². The zero-order valence-corrected chi connectivity index (χ0v) is 8.55. The van der Waals surface area contributed by atoms with Crippen LogP contribution in [-0.4, -0.2) is 33.6 Å². The van der Waals surface area contributed by atoms with E-state index in [1.807, 2.05) is 0 Å². The molecular formula is C9H13FN2O3. The van der Waals surface area contributed by atoms with E-state index >= 15 is 0 Å². The zero-order valence-electron chi connectivity index (χ0n) is 8.55. The van der Waals surface area contributed by atoms with Crippen LogP contribution in [0.2, 0.25) is 0 Å². The first-order valence-electron chi connectivity index (χ1n) is 4.53. The Kier molecular flexibility index (Phi) is 3.79. The number of ether oxygens (including phenoxy) is 1. The molecule has 1 rings (SSSR count). The molecule has 0 bridgehead atoms. The van der Waals surface area contributed by atoms with Crippen molar-refractivity contribution < 1.29 is 19.0 Å². The summed E-state index contributed by atoms with van der Waals surface area (Å²) in [5.41, 5.74) is 0.248. The van der Waals surface area contributed by atoms with Crippen molar-refractivity contribution in [1.29, 1.82) is 0 Å². The third-order valence-corrected chi connectivity index (χ3v) is 1.86. The molecule has 0 aliphatic carbocycles. The second-order valence-corrected chi connectivity index (χ2v) is 3.05. The number of carbonyl (C=O) groups is 1. The van der Waals surface area contributed by atoms with Gasteiger partial charge in [0.25, 0.3) is 0 Å². The van der Waals surface area contributed by atoms with Crippen molar-refractivity contribution in [3.05, 3.63) is 18.0 Å². The first-order valence-corrected chi connectivity index (χ1v) is 4.53. The average Bonchev–Trinajstić information content (AvgIpc) is 2.63. The molecule has 0 amide bonds. The van der Waals surface area contributed by atoms with Gasteiger partial charge in [-0.3, -0.25) is 4.68 Å². The molecule has 0 spiro atoms. The van der Waals surface area contributed by atoms with Crippen molar-refractivity contribution >= 4 is 5.97 Å². The topological polar surface area (TPSA) is 64.3 Å². The van der Waals surface area contributed by atoms with Gasteiger partial charge in [-0.05, 0) is 6.92 Å². The van der Waals surface area contributed by atoms with Gasteiger partial charge in [-0.15, -0.1) is 0 Å². The number of hydrogen-bond acceptors (Lipinski definition) is 4. The molecule has 84 valence electrons. The van der Waals surface area contributed by atoms with Gasteiger partial charge < -0.3 is 9.84 Å². The number of esters is 1. The summed E-state index contributed by atoms with van der Waals surface area (Å²) in [6.45, 7) is 1.65. The lowest BCUT2D eigenvalue weighted by Gasteiger charge is -2.12. The lowest BCUT2D eigenvalue weighted by Crippen LogP contribution is -2.25. The Morgan fingerprint density at radius 3 is 2.93 bits per heavy atom. The molecular weight excluding hydrogens is 203 g/mol. The number of alkyl halides is 1. The first kappa shape index (κ1) is 11.6. The van der Waals surface area contributed by atoms with Gasteiger partial charge in [0.1, 0.15) is 6.10 Å². The summed E-state index contributed by atoms with van der Waals surface area (Å²) in [7, 11) is 1.63. The highest BCUT2D eigenvalue weighted by atomic mass is 19.1. The van der Waals surface area contributed by atoms with Gasteiger partial charge in [0.2, 0.25) is 6.17 Å². The summed E-state index contributed by atoms with van der Waals surface area (Å²) in [6, 6.07) is 0. The van der Waals surface area contributed by atoms with Crippen molar-refractivity contribution in [2.75, 3.05) is 6.61 Å². The van der Waals surface area contributed by atoms with E-state index in [4.69, 9.17) is 0 Å². The highest BCUT2D eigenvalue weighted by Crippen LogP contribution is 2.19. The maximum absolute atomic E-state index is 13.3. The maximum atomic E-state index is 13.3. The highest BCUT2D eigenvalue weighted by Gasteiger charge is 2.29. The summed E-state index contributed by atoms with van der Waals surface area (Å²) >= 11 is 0. The predicted molar refractivity (Wildman–Crippen MR) is 49.7 cm³/mol. The summed E-state index contributed by atoms with van der Waals surface area (Å²) < 4.78 is 19.2. The molecule has 0 saturated heterocycles. The van der Waals surface area contributed by atoms with Crippen molar-refractivity contribution in [3.63, 3.8) is 0 Å². The fraction of sp³-hybridized carbons (Fsp3) is 0.556. The molecule has 0 aliphatic heterocycles. The number of carbonyl (C=O) groups excluding carboxylic acids is 1. The molecule has 2 unspecified atom stereocenters. The molecule has 0 saturated carbocycles. The van der Waals surface area contributed by atoms with E-state index < -0.39 is 18.2 Å². The largest absolute Gasteiger partial charge is 0.464 e. The van der Waals surface area contributed by atoms with Crippen LogP contribution in [0.15, 0.2) is 12.4 Å². The van der Waals surface area contributed by atoms with E-state index in [9.17, 15) is 14.3 Å². The van der Waals surface area contributed by atoms with Crippen LogP contribution in [-0.2, 0) is 16.6 Å². The molecule has 1 aromatic rings. The summed E-state index contributed by atoms with van der Waals surface area (Å²) in [5.74, 6) is -1.06. The normalized spacial score (nSPS) is 14.7. The van der Waals surface area contributed by atoms with Gasteiger partial charge in [0.05, 0.1) is 12.8 Å². The molecule has 0 fully saturated rings. The molecule has 0 aliphatic rings. The number of aryl methyl sites for hydroxylation is 1. The maximum Gasteiger partial charge on any atom is 0.343 e. The van der Waals surface area contributed by atoms with Crippen LogP contribution in [0.5, 0.6) is 0 Å². The summed E-state index contributed by atoms with van der Waals surface area (Å²) in [5, 5.41) is 13.2. The Morgan fingerprint density at radius 2 is 2.47 bits per heavy atom. The second-order valence-electron chi connectivity index (χ2n) is 3.05. The molecule has 1 heterocycles. The van der Waals surface area contributed by atoms with Gasteiger partial charge >= 0.3 is 5.97 Å². The number of halogens is 1. The van der Waals surface area contributed by atoms with E-state index in [1.165, 1.54) is 17.1 Å². The summed E-state index contributed by atoms with van der Waals surface area (Å²) in [6.07, 6.45) is -0.862. The lowest BCUT2D eigenvalue weighted by atomic mass is 10.1.